The standard InChI is InChI=1S/C35H48N2O/c1-28(2)37(29(3)4)24-14-13-20-32-19-11-12-21-35(32)38-33-22-25-36(26-23-33)27-34(30-15-7-5-8-16-30)31-17-9-6-10-18-31/h5-12,15-19,21,28-29,33-34H,13-14,20,22-27H2,1-4H3. The van der Waals surface area contributed by atoms with Crippen LogP contribution in [0.5, 0.6) is 5.75 Å². The molecule has 38 heavy (non-hydrogen) atoms. The minimum atomic E-state index is 0.302. The van der Waals surface area contributed by atoms with E-state index in [1.54, 1.807) is 0 Å². The Morgan fingerprint density at radius 2 is 1.29 bits per heavy atom. The van der Waals surface area contributed by atoms with Gasteiger partial charge in [-0.25, -0.2) is 0 Å². The van der Waals surface area contributed by atoms with Crippen LogP contribution in [0.3, 0.4) is 0 Å². The third-order valence-electron chi connectivity index (χ3n) is 8.08. The molecule has 3 heteroatoms. The van der Waals surface area contributed by atoms with Crippen LogP contribution < -0.4 is 4.74 Å². The fourth-order valence-electron chi connectivity index (χ4n) is 5.97. The molecule has 0 aromatic heterocycles. The van der Waals surface area contributed by atoms with Crippen molar-refractivity contribution in [1.29, 1.82) is 0 Å². The Hall–Kier alpha value is -2.62. The van der Waals surface area contributed by atoms with Crippen molar-refractivity contribution in [3.63, 3.8) is 0 Å². The zero-order valence-corrected chi connectivity index (χ0v) is 24.1. The second-order valence-corrected chi connectivity index (χ2v) is 11.5. The molecule has 0 unspecified atom stereocenters. The van der Waals surface area contributed by atoms with Crippen LogP contribution in [0.15, 0.2) is 84.9 Å². The first-order valence-corrected chi connectivity index (χ1v) is 14.8. The van der Waals surface area contributed by atoms with Crippen LogP contribution in [-0.4, -0.2) is 54.2 Å². The average molecular weight is 513 g/mol. The Kier molecular flexibility index (Phi) is 10.8. The molecule has 1 fully saturated rings. The van der Waals surface area contributed by atoms with Gasteiger partial charge in [-0.1, -0.05) is 78.9 Å². The van der Waals surface area contributed by atoms with Gasteiger partial charge in [-0.15, -0.1) is 0 Å². The molecule has 0 N–H and O–H groups in total. The van der Waals surface area contributed by atoms with E-state index in [4.69, 9.17) is 4.74 Å². The van der Waals surface area contributed by atoms with Gasteiger partial charge < -0.3 is 9.64 Å². The molecule has 4 rings (SSSR count). The molecule has 1 aliphatic heterocycles. The van der Waals surface area contributed by atoms with Gasteiger partial charge in [0.1, 0.15) is 11.9 Å². The van der Waals surface area contributed by atoms with Crippen molar-refractivity contribution in [2.75, 3.05) is 26.2 Å². The lowest BCUT2D eigenvalue weighted by atomic mass is 9.90. The molecule has 3 aromatic carbocycles. The fourth-order valence-corrected chi connectivity index (χ4v) is 5.97. The van der Waals surface area contributed by atoms with E-state index < -0.39 is 0 Å². The van der Waals surface area contributed by atoms with Gasteiger partial charge in [-0.05, 0) is 89.1 Å². The molecule has 3 aromatic rings. The monoisotopic (exact) mass is 512 g/mol. The van der Waals surface area contributed by atoms with Crippen molar-refractivity contribution in [1.82, 2.24) is 9.80 Å². The molecule has 0 bridgehead atoms. The molecule has 0 spiro atoms. The van der Waals surface area contributed by atoms with Gasteiger partial charge in [0.2, 0.25) is 0 Å². The summed E-state index contributed by atoms with van der Waals surface area (Å²) >= 11 is 0. The van der Waals surface area contributed by atoms with Gasteiger partial charge in [0.25, 0.3) is 0 Å². The highest BCUT2D eigenvalue weighted by atomic mass is 16.5. The van der Waals surface area contributed by atoms with E-state index in [0.717, 1.165) is 44.6 Å². The predicted octanol–water partition coefficient (Wildman–Crippen LogP) is 7.80. The smallest absolute Gasteiger partial charge is 0.122 e. The molecule has 0 saturated carbocycles. The highest BCUT2D eigenvalue weighted by Crippen LogP contribution is 2.29. The van der Waals surface area contributed by atoms with E-state index in [1.807, 2.05) is 0 Å². The number of nitrogens with zero attached hydrogens (tertiary/aromatic N) is 2. The lowest BCUT2D eigenvalue weighted by Crippen LogP contribution is -2.40. The van der Waals surface area contributed by atoms with Gasteiger partial charge in [0.15, 0.2) is 0 Å². The summed E-state index contributed by atoms with van der Waals surface area (Å²) in [5, 5.41) is 0. The van der Waals surface area contributed by atoms with E-state index in [0.29, 0.717) is 24.1 Å². The Bertz CT molecular complexity index is 1010. The molecule has 204 valence electrons. The number of hydrogen-bond acceptors (Lipinski definition) is 3. The van der Waals surface area contributed by atoms with Gasteiger partial charge in [-0.3, -0.25) is 4.90 Å². The Morgan fingerprint density at radius 1 is 0.737 bits per heavy atom. The number of aryl methyl sites for hydroxylation is 1. The second kappa shape index (κ2) is 14.5. The largest absolute Gasteiger partial charge is 0.490 e. The molecule has 0 radical (unpaired) electrons. The summed E-state index contributed by atoms with van der Waals surface area (Å²) in [5.74, 6) is 1.50. The third kappa shape index (κ3) is 8.19. The van der Waals surface area contributed by atoms with Gasteiger partial charge in [0, 0.05) is 37.6 Å². The van der Waals surface area contributed by atoms with Crippen LogP contribution in [0.2, 0.25) is 0 Å². The Balaban J connectivity index is 1.29. The maximum Gasteiger partial charge on any atom is 0.122 e. The molecule has 1 heterocycles. The highest BCUT2D eigenvalue weighted by molar-refractivity contribution is 5.34. The van der Waals surface area contributed by atoms with E-state index in [1.165, 1.54) is 36.1 Å². The van der Waals surface area contributed by atoms with E-state index in [2.05, 4.69) is 122 Å². The van der Waals surface area contributed by atoms with Crippen LogP contribution in [-0.2, 0) is 6.42 Å². The van der Waals surface area contributed by atoms with Crippen molar-refractivity contribution in [3.8, 4) is 5.75 Å². The first kappa shape index (κ1) is 28.4. The Labute approximate surface area is 231 Å². The summed E-state index contributed by atoms with van der Waals surface area (Å²) in [4.78, 5) is 5.22. The summed E-state index contributed by atoms with van der Waals surface area (Å²) in [6.45, 7) is 13.6. The van der Waals surface area contributed by atoms with Crippen molar-refractivity contribution in [2.24, 2.45) is 0 Å². The number of ether oxygens (including phenoxy) is 1. The van der Waals surface area contributed by atoms with Crippen LogP contribution in [0.4, 0.5) is 0 Å². The van der Waals surface area contributed by atoms with E-state index in [-0.39, 0.29) is 0 Å². The van der Waals surface area contributed by atoms with Gasteiger partial charge >= 0.3 is 0 Å². The number of rotatable bonds is 13. The third-order valence-corrected chi connectivity index (χ3v) is 8.08. The number of piperidine rings is 1. The average Bonchev–Trinajstić information content (AvgIpc) is 2.94. The van der Waals surface area contributed by atoms with Crippen molar-refractivity contribution < 1.29 is 4.74 Å². The molecule has 0 amide bonds. The van der Waals surface area contributed by atoms with Gasteiger partial charge in [-0.2, -0.15) is 0 Å². The maximum absolute atomic E-state index is 6.63. The maximum atomic E-state index is 6.63. The number of likely N-dealkylation sites (tertiary alicyclic amines) is 1. The minimum Gasteiger partial charge on any atom is -0.490 e. The summed E-state index contributed by atoms with van der Waals surface area (Å²) in [6, 6.07) is 31.9. The highest BCUT2D eigenvalue weighted by Gasteiger charge is 2.25. The number of hydrogen-bond donors (Lipinski definition) is 0. The van der Waals surface area contributed by atoms with E-state index in [9.17, 15) is 0 Å². The molecule has 1 saturated heterocycles. The first-order chi connectivity index (χ1) is 18.5. The molecule has 3 nitrogen and oxygen atoms in total. The van der Waals surface area contributed by atoms with Crippen LogP contribution >= 0.6 is 0 Å². The summed E-state index contributed by atoms with van der Waals surface area (Å²) in [5.41, 5.74) is 4.16. The number of unbranched alkanes of at least 4 members (excludes halogenated alkanes) is 1. The zero-order chi connectivity index (χ0) is 26.7. The molecular formula is C35H48N2O. The Morgan fingerprint density at radius 3 is 1.87 bits per heavy atom. The first-order valence-electron chi connectivity index (χ1n) is 14.8. The molecule has 1 aliphatic rings. The van der Waals surface area contributed by atoms with Crippen molar-refractivity contribution in [3.05, 3.63) is 102 Å². The SMILES string of the molecule is CC(C)N(CCCCc1ccccc1OC1CCN(CC(c2ccccc2)c2ccccc2)CC1)C(C)C. The lowest BCUT2D eigenvalue weighted by Gasteiger charge is -2.35. The predicted molar refractivity (Wildman–Crippen MR) is 161 cm³/mol. The molecule has 0 atom stereocenters. The summed E-state index contributed by atoms with van der Waals surface area (Å²) < 4.78 is 6.63. The minimum absolute atomic E-state index is 0.302. The molecule has 0 aliphatic carbocycles. The molecular weight excluding hydrogens is 464 g/mol. The van der Waals surface area contributed by atoms with Crippen LogP contribution in [0.1, 0.15) is 76.0 Å². The normalized spacial score (nSPS) is 15.2. The zero-order valence-electron chi connectivity index (χ0n) is 24.1. The van der Waals surface area contributed by atoms with Crippen LogP contribution in [0, 0.1) is 0 Å². The lowest BCUT2D eigenvalue weighted by molar-refractivity contribution is 0.0980. The van der Waals surface area contributed by atoms with Crippen LogP contribution in [0.25, 0.3) is 0 Å². The second-order valence-electron chi connectivity index (χ2n) is 11.5. The topological polar surface area (TPSA) is 15.7 Å². The van der Waals surface area contributed by atoms with Gasteiger partial charge in [0.05, 0.1) is 0 Å². The van der Waals surface area contributed by atoms with E-state index >= 15 is 0 Å². The summed E-state index contributed by atoms with van der Waals surface area (Å²) in [7, 11) is 0. The summed E-state index contributed by atoms with van der Waals surface area (Å²) in [6.07, 6.45) is 6.00. The quantitative estimate of drug-likeness (QED) is 0.217. The number of para-hydroxylation sites is 1. The van der Waals surface area contributed by atoms with Crippen molar-refractivity contribution in [2.45, 2.75) is 83.9 Å². The fraction of sp³-hybridized carbons (Fsp3) is 0.486. The number of benzene rings is 3. The van der Waals surface area contributed by atoms with Crippen molar-refractivity contribution >= 4 is 0 Å².